The number of amides is 3. The van der Waals surface area contributed by atoms with Gasteiger partial charge in [0.25, 0.3) is 0 Å². The third kappa shape index (κ3) is 4.17. The summed E-state index contributed by atoms with van der Waals surface area (Å²) >= 11 is 6.33. The topological polar surface area (TPSA) is 137 Å². The van der Waals surface area contributed by atoms with E-state index in [1.54, 1.807) is 43.5 Å². The van der Waals surface area contributed by atoms with Gasteiger partial charge in [0, 0.05) is 28.9 Å². The van der Waals surface area contributed by atoms with Crippen molar-refractivity contribution < 1.29 is 34.1 Å². The molecule has 0 unspecified atom stereocenters. The summed E-state index contributed by atoms with van der Waals surface area (Å²) in [6.07, 6.45) is 0.602. The average Bonchev–Trinajstić information content (AvgIpc) is 3.53. The standard InChI is InChI=1S/C30H28ClN3O7/c1-40-23-8-4-15(13-24(23)41-2)9-10-34-27(37)25-20(11-16-3-7-21(35)22(36)12-16)33-30(26(25)28(34)38)18-14-17(31)5-6-19(18)32-29(30)39/h3-8,12-14,20,25-26,33,35-36H,9-11H2,1-2H3,(H,32,39)/t20-,25-,26-,30+/m0/s1. The Morgan fingerprint density at radius 3 is 2.39 bits per heavy atom. The molecule has 212 valence electrons. The Balaban J connectivity index is 1.36. The average molecular weight is 578 g/mol. The first-order valence-electron chi connectivity index (χ1n) is 13.1. The number of imide groups is 1. The number of methoxy groups -OCH3 is 2. The fourth-order valence-electron chi connectivity index (χ4n) is 6.46. The Kier molecular flexibility index (Phi) is 6.55. The summed E-state index contributed by atoms with van der Waals surface area (Å²) in [6.45, 7) is 0.118. The van der Waals surface area contributed by atoms with Crippen molar-refractivity contribution in [3.8, 4) is 23.0 Å². The minimum absolute atomic E-state index is 0.118. The minimum Gasteiger partial charge on any atom is -0.504 e. The predicted molar refractivity (Wildman–Crippen MR) is 149 cm³/mol. The molecule has 6 rings (SSSR count). The molecule has 3 amide bonds. The highest BCUT2D eigenvalue weighted by Gasteiger charge is 2.70. The van der Waals surface area contributed by atoms with Gasteiger partial charge in [-0.15, -0.1) is 0 Å². The maximum atomic E-state index is 14.1. The van der Waals surface area contributed by atoms with E-state index < -0.39 is 35.2 Å². The first-order valence-corrected chi connectivity index (χ1v) is 13.5. The number of carbonyl (C=O) groups excluding carboxylic acids is 3. The van der Waals surface area contributed by atoms with Crippen molar-refractivity contribution in [2.75, 3.05) is 26.1 Å². The summed E-state index contributed by atoms with van der Waals surface area (Å²) in [5.41, 5.74) is 1.02. The van der Waals surface area contributed by atoms with Crippen LogP contribution < -0.4 is 20.1 Å². The molecule has 3 aliphatic rings. The van der Waals surface area contributed by atoms with Gasteiger partial charge in [0.15, 0.2) is 23.0 Å². The van der Waals surface area contributed by atoms with Crippen LogP contribution in [0.2, 0.25) is 5.02 Å². The fourth-order valence-corrected chi connectivity index (χ4v) is 6.63. The first kappa shape index (κ1) is 26.9. The van der Waals surface area contributed by atoms with Crippen LogP contribution in [0, 0.1) is 11.8 Å². The summed E-state index contributed by atoms with van der Waals surface area (Å²) in [7, 11) is 3.08. The highest BCUT2D eigenvalue weighted by Crippen LogP contribution is 2.53. The molecule has 11 heteroatoms. The van der Waals surface area contributed by atoms with Crippen molar-refractivity contribution in [2.45, 2.75) is 24.4 Å². The molecule has 3 aromatic carbocycles. The van der Waals surface area contributed by atoms with Crippen LogP contribution in [0.25, 0.3) is 0 Å². The lowest BCUT2D eigenvalue weighted by Crippen LogP contribution is -2.53. The summed E-state index contributed by atoms with van der Waals surface area (Å²) in [5, 5.41) is 26.4. The maximum absolute atomic E-state index is 14.1. The molecular formula is C30H28ClN3O7. The third-order valence-electron chi connectivity index (χ3n) is 8.34. The summed E-state index contributed by atoms with van der Waals surface area (Å²) in [6, 6.07) is 14.2. The lowest BCUT2D eigenvalue weighted by Gasteiger charge is -2.29. The van der Waals surface area contributed by atoms with Gasteiger partial charge in [-0.25, -0.2) is 0 Å². The Bertz CT molecular complexity index is 1590. The van der Waals surface area contributed by atoms with Gasteiger partial charge in [0.1, 0.15) is 5.54 Å². The largest absolute Gasteiger partial charge is 0.504 e. The van der Waals surface area contributed by atoms with Crippen LogP contribution >= 0.6 is 11.6 Å². The number of phenolic OH excluding ortho intramolecular Hbond substituents is 2. The van der Waals surface area contributed by atoms with E-state index in [2.05, 4.69) is 10.6 Å². The van der Waals surface area contributed by atoms with E-state index in [1.807, 2.05) is 6.07 Å². The molecule has 4 atom stereocenters. The number of hydrogen-bond acceptors (Lipinski definition) is 8. The number of benzene rings is 3. The van der Waals surface area contributed by atoms with Crippen molar-refractivity contribution in [1.29, 1.82) is 0 Å². The SMILES string of the molecule is COc1ccc(CCN2C(=O)[C@H]3[C@H](Cc4ccc(O)c(O)c4)N[C@@]4(C(=O)Nc5ccc(Cl)cc54)[C@@H]3C2=O)cc1OC. The zero-order valence-corrected chi connectivity index (χ0v) is 23.1. The highest BCUT2D eigenvalue weighted by atomic mass is 35.5. The number of rotatable bonds is 7. The lowest BCUT2D eigenvalue weighted by molar-refractivity contribution is -0.142. The van der Waals surface area contributed by atoms with Crippen LogP contribution in [0.1, 0.15) is 16.7 Å². The number of phenols is 2. The van der Waals surface area contributed by atoms with Gasteiger partial charge in [0.2, 0.25) is 17.7 Å². The van der Waals surface area contributed by atoms with Crippen molar-refractivity contribution in [3.63, 3.8) is 0 Å². The molecule has 0 bridgehead atoms. The molecule has 2 saturated heterocycles. The van der Waals surface area contributed by atoms with Crippen molar-refractivity contribution >= 4 is 35.0 Å². The zero-order chi connectivity index (χ0) is 29.1. The van der Waals surface area contributed by atoms with Crippen LogP contribution in [-0.2, 0) is 32.8 Å². The summed E-state index contributed by atoms with van der Waals surface area (Å²) in [4.78, 5) is 43.0. The van der Waals surface area contributed by atoms with E-state index >= 15 is 0 Å². The number of nitrogens with zero attached hydrogens (tertiary/aromatic N) is 1. The summed E-state index contributed by atoms with van der Waals surface area (Å²) < 4.78 is 10.7. The molecule has 3 heterocycles. The number of halogens is 1. The van der Waals surface area contributed by atoms with Gasteiger partial charge in [-0.3, -0.25) is 24.6 Å². The second-order valence-electron chi connectivity index (χ2n) is 10.5. The molecule has 3 aliphatic heterocycles. The molecule has 3 aromatic rings. The van der Waals surface area contributed by atoms with Gasteiger partial charge in [-0.2, -0.15) is 0 Å². The molecule has 0 saturated carbocycles. The maximum Gasteiger partial charge on any atom is 0.250 e. The Morgan fingerprint density at radius 1 is 0.902 bits per heavy atom. The Morgan fingerprint density at radius 2 is 1.66 bits per heavy atom. The number of hydrogen-bond donors (Lipinski definition) is 4. The number of ether oxygens (including phenoxy) is 2. The minimum atomic E-state index is -1.50. The molecule has 0 aliphatic carbocycles. The number of likely N-dealkylation sites (tertiary alicyclic amines) is 1. The highest BCUT2D eigenvalue weighted by molar-refractivity contribution is 6.31. The molecular weight excluding hydrogens is 550 g/mol. The number of anilines is 1. The van der Waals surface area contributed by atoms with E-state index in [4.69, 9.17) is 21.1 Å². The molecule has 10 nitrogen and oxygen atoms in total. The second kappa shape index (κ2) is 9.97. The monoisotopic (exact) mass is 577 g/mol. The molecule has 2 fully saturated rings. The fraction of sp³-hybridized carbons (Fsp3) is 0.300. The zero-order valence-electron chi connectivity index (χ0n) is 22.3. The van der Waals surface area contributed by atoms with E-state index in [0.29, 0.717) is 39.8 Å². The van der Waals surface area contributed by atoms with Crippen LogP contribution in [0.3, 0.4) is 0 Å². The van der Waals surface area contributed by atoms with Gasteiger partial charge in [-0.05, 0) is 66.4 Å². The predicted octanol–water partition coefficient (Wildman–Crippen LogP) is 2.97. The number of fused-ring (bicyclic) bond motifs is 4. The van der Waals surface area contributed by atoms with Gasteiger partial charge < -0.3 is 25.0 Å². The molecule has 4 N–H and O–H groups in total. The van der Waals surface area contributed by atoms with Crippen LogP contribution in [-0.4, -0.2) is 59.6 Å². The quantitative estimate of drug-likeness (QED) is 0.248. The number of nitrogens with one attached hydrogen (secondary N) is 2. The molecule has 0 aromatic heterocycles. The summed E-state index contributed by atoms with van der Waals surface area (Å²) in [5.74, 6) is -2.55. The van der Waals surface area contributed by atoms with Gasteiger partial charge in [-0.1, -0.05) is 23.7 Å². The molecule has 41 heavy (non-hydrogen) atoms. The van der Waals surface area contributed by atoms with E-state index in [-0.39, 0.29) is 30.4 Å². The van der Waals surface area contributed by atoms with Crippen molar-refractivity contribution in [2.24, 2.45) is 11.8 Å². The smallest absolute Gasteiger partial charge is 0.250 e. The van der Waals surface area contributed by atoms with Crippen LogP contribution in [0.4, 0.5) is 5.69 Å². The first-order chi connectivity index (χ1) is 19.7. The normalized spacial score (nSPS) is 24.5. The lowest BCUT2D eigenvalue weighted by atomic mass is 9.76. The molecule has 0 radical (unpaired) electrons. The number of aromatic hydroxyl groups is 2. The van der Waals surface area contributed by atoms with Crippen LogP contribution in [0.5, 0.6) is 23.0 Å². The van der Waals surface area contributed by atoms with E-state index in [0.717, 1.165) is 5.56 Å². The second-order valence-corrected chi connectivity index (χ2v) is 10.9. The van der Waals surface area contributed by atoms with E-state index in [9.17, 15) is 24.6 Å². The van der Waals surface area contributed by atoms with Crippen molar-refractivity contribution in [3.05, 3.63) is 76.3 Å². The number of carbonyl (C=O) groups is 3. The third-order valence-corrected chi connectivity index (χ3v) is 8.57. The van der Waals surface area contributed by atoms with Gasteiger partial charge in [0.05, 0.1) is 26.1 Å². The van der Waals surface area contributed by atoms with Crippen LogP contribution in [0.15, 0.2) is 54.6 Å². The van der Waals surface area contributed by atoms with E-state index in [1.165, 1.54) is 24.1 Å². The Labute approximate surface area is 240 Å². The molecule has 1 spiro atoms. The Hall–Kier alpha value is -4.28. The van der Waals surface area contributed by atoms with Crippen molar-refractivity contribution in [1.82, 2.24) is 10.2 Å². The van der Waals surface area contributed by atoms with Gasteiger partial charge >= 0.3 is 0 Å².